The summed E-state index contributed by atoms with van der Waals surface area (Å²) in [4.78, 5) is 8.99. The average molecular weight is 285 g/mol. The van der Waals surface area contributed by atoms with Crippen LogP contribution in [0.5, 0.6) is 0 Å². The number of nitrogen functional groups attached to an aromatic ring is 1. The van der Waals surface area contributed by atoms with Gasteiger partial charge in [-0.2, -0.15) is 0 Å². The Balaban J connectivity index is 2.66. The number of hydrogen-bond acceptors (Lipinski definition) is 3. The fourth-order valence-corrected chi connectivity index (χ4v) is 2.38. The summed E-state index contributed by atoms with van der Waals surface area (Å²) >= 11 is 0. The minimum absolute atomic E-state index is 0.133. The van der Waals surface area contributed by atoms with E-state index in [9.17, 15) is 0 Å². The molecule has 0 saturated carbocycles. The van der Waals surface area contributed by atoms with Gasteiger partial charge in [0, 0.05) is 11.5 Å². The summed E-state index contributed by atoms with van der Waals surface area (Å²) in [6.45, 7) is 10.9. The Morgan fingerprint density at radius 2 is 2.05 bits per heavy atom. The maximum Gasteiger partial charge on any atom is 0.134 e. The van der Waals surface area contributed by atoms with Crippen LogP contribution in [0.1, 0.15) is 46.5 Å². The second kappa shape index (κ2) is 5.28. The van der Waals surface area contributed by atoms with E-state index >= 15 is 0 Å². The molecule has 2 rings (SSSR count). The van der Waals surface area contributed by atoms with Crippen LogP contribution in [0.25, 0.3) is 11.4 Å². The number of imidazole rings is 2. The molecule has 0 spiro atoms. The Kier molecular flexibility index (Phi) is 3.82. The lowest BCUT2D eigenvalue weighted by Crippen LogP contribution is -2.19. The first kappa shape index (κ1) is 15.2. The van der Waals surface area contributed by atoms with E-state index in [1.807, 2.05) is 4.57 Å². The van der Waals surface area contributed by atoms with Crippen LogP contribution in [0.3, 0.4) is 0 Å². The highest BCUT2D eigenvalue weighted by molar-refractivity contribution is 5.68. The van der Waals surface area contributed by atoms with Gasteiger partial charge < -0.3 is 14.9 Å². The van der Waals surface area contributed by atoms with Crippen molar-refractivity contribution in [2.45, 2.75) is 52.6 Å². The number of anilines is 1. The second-order valence-electron chi connectivity index (χ2n) is 6.49. The molecule has 0 radical (unpaired) electrons. The van der Waals surface area contributed by atoms with E-state index in [0.29, 0.717) is 12.4 Å². The zero-order valence-electron chi connectivity index (χ0n) is 13.4. The van der Waals surface area contributed by atoms with Crippen LogP contribution in [-0.4, -0.2) is 19.1 Å². The number of rotatable bonds is 3. The van der Waals surface area contributed by atoms with E-state index in [1.54, 1.807) is 12.5 Å². The highest BCUT2D eigenvalue weighted by Crippen LogP contribution is 2.32. The summed E-state index contributed by atoms with van der Waals surface area (Å²) in [7, 11) is 0. The molecule has 0 aliphatic carbocycles. The molecule has 5 heteroatoms. The predicted molar refractivity (Wildman–Crippen MR) is 85.8 cm³/mol. The maximum atomic E-state index is 6.31. The first-order valence-corrected chi connectivity index (χ1v) is 7.09. The summed E-state index contributed by atoms with van der Waals surface area (Å²) in [6, 6.07) is 0.290. The number of terminal acetylenes is 1. The van der Waals surface area contributed by atoms with Crippen LogP contribution in [-0.2, 0) is 12.0 Å². The van der Waals surface area contributed by atoms with E-state index in [-0.39, 0.29) is 11.5 Å². The first-order chi connectivity index (χ1) is 9.77. The van der Waals surface area contributed by atoms with Crippen molar-refractivity contribution < 1.29 is 0 Å². The third kappa shape index (κ3) is 2.66. The van der Waals surface area contributed by atoms with Crippen LogP contribution in [0.15, 0.2) is 12.5 Å². The Morgan fingerprint density at radius 1 is 1.38 bits per heavy atom. The zero-order valence-corrected chi connectivity index (χ0v) is 13.4. The Morgan fingerprint density at radius 3 is 2.57 bits per heavy atom. The van der Waals surface area contributed by atoms with Gasteiger partial charge in [0.1, 0.15) is 17.3 Å². The Hall–Kier alpha value is -2.22. The summed E-state index contributed by atoms with van der Waals surface area (Å²) in [5.41, 5.74) is 7.85. The standard InChI is InChI=1S/C16H23N5/c1-7-8-20-14(17)13(19-15(20)16(4,5)6)12-9-18-10-21(12)11(2)3/h1,9-11H,8,17H2,2-6H3. The third-order valence-electron chi connectivity index (χ3n) is 3.39. The highest BCUT2D eigenvalue weighted by atomic mass is 15.2. The van der Waals surface area contributed by atoms with Crippen LogP contribution in [0, 0.1) is 12.3 Å². The van der Waals surface area contributed by atoms with Crippen LogP contribution >= 0.6 is 0 Å². The molecule has 0 bridgehead atoms. The minimum atomic E-state index is -0.133. The molecule has 2 N–H and O–H groups in total. The predicted octanol–water partition coefficient (Wildman–Crippen LogP) is 2.84. The third-order valence-corrected chi connectivity index (χ3v) is 3.39. The molecule has 112 valence electrons. The van der Waals surface area contributed by atoms with Crippen molar-refractivity contribution in [3.63, 3.8) is 0 Å². The van der Waals surface area contributed by atoms with Gasteiger partial charge in [-0.05, 0) is 13.8 Å². The molecule has 2 heterocycles. The van der Waals surface area contributed by atoms with Crippen molar-refractivity contribution >= 4 is 5.82 Å². The lowest BCUT2D eigenvalue weighted by atomic mass is 9.95. The summed E-state index contributed by atoms with van der Waals surface area (Å²) in [5, 5.41) is 0. The van der Waals surface area contributed by atoms with Gasteiger partial charge >= 0.3 is 0 Å². The topological polar surface area (TPSA) is 61.7 Å². The Bertz CT molecular complexity index is 677. The summed E-state index contributed by atoms with van der Waals surface area (Å²) in [5.74, 6) is 4.14. The minimum Gasteiger partial charge on any atom is -0.383 e. The molecule has 2 aromatic rings. The largest absolute Gasteiger partial charge is 0.383 e. The quantitative estimate of drug-likeness (QED) is 0.882. The fraction of sp³-hybridized carbons (Fsp3) is 0.500. The molecular weight excluding hydrogens is 262 g/mol. The smallest absolute Gasteiger partial charge is 0.134 e. The van der Waals surface area contributed by atoms with Gasteiger partial charge in [-0.1, -0.05) is 26.7 Å². The van der Waals surface area contributed by atoms with Crippen LogP contribution in [0.2, 0.25) is 0 Å². The summed E-state index contributed by atoms with van der Waals surface area (Å²) in [6.07, 6.45) is 9.07. The Labute approximate surface area is 126 Å². The van der Waals surface area contributed by atoms with E-state index in [2.05, 4.69) is 50.1 Å². The van der Waals surface area contributed by atoms with Crippen molar-refractivity contribution in [1.82, 2.24) is 19.1 Å². The van der Waals surface area contributed by atoms with Gasteiger partial charge in [0.2, 0.25) is 0 Å². The SMILES string of the molecule is C#CCn1c(C(C)(C)C)nc(-c2cncn2C(C)C)c1N. The number of aromatic nitrogens is 4. The average Bonchev–Trinajstić information content (AvgIpc) is 2.95. The van der Waals surface area contributed by atoms with E-state index in [1.165, 1.54) is 0 Å². The van der Waals surface area contributed by atoms with E-state index in [4.69, 9.17) is 17.1 Å². The molecule has 0 aliphatic heterocycles. The van der Waals surface area contributed by atoms with Crippen LogP contribution in [0.4, 0.5) is 5.82 Å². The summed E-state index contributed by atoms with van der Waals surface area (Å²) < 4.78 is 3.97. The molecule has 0 fully saturated rings. The van der Waals surface area contributed by atoms with Gasteiger partial charge in [-0.3, -0.25) is 0 Å². The van der Waals surface area contributed by atoms with Crippen molar-refractivity contribution in [3.05, 3.63) is 18.3 Å². The van der Waals surface area contributed by atoms with Gasteiger partial charge in [-0.15, -0.1) is 6.42 Å². The van der Waals surface area contributed by atoms with Crippen molar-refractivity contribution in [2.24, 2.45) is 0 Å². The molecule has 0 amide bonds. The lowest BCUT2D eigenvalue weighted by molar-refractivity contribution is 0.517. The molecule has 0 saturated heterocycles. The van der Waals surface area contributed by atoms with Crippen molar-refractivity contribution in [1.29, 1.82) is 0 Å². The zero-order chi connectivity index (χ0) is 15.8. The van der Waals surface area contributed by atoms with Gasteiger partial charge in [0.15, 0.2) is 0 Å². The second-order valence-corrected chi connectivity index (χ2v) is 6.49. The lowest BCUT2D eigenvalue weighted by Gasteiger charge is -2.18. The van der Waals surface area contributed by atoms with Gasteiger partial charge in [-0.25, -0.2) is 9.97 Å². The van der Waals surface area contributed by atoms with Crippen molar-refractivity contribution in [3.8, 4) is 23.7 Å². The molecule has 21 heavy (non-hydrogen) atoms. The monoisotopic (exact) mass is 285 g/mol. The molecule has 0 atom stereocenters. The van der Waals surface area contributed by atoms with Gasteiger partial charge in [0.25, 0.3) is 0 Å². The number of hydrogen-bond donors (Lipinski definition) is 1. The first-order valence-electron chi connectivity index (χ1n) is 7.09. The van der Waals surface area contributed by atoms with E-state index < -0.39 is 0 Å². The van der Waals surface area contributed by atoms with E-state index in [0.717, 1.165) is 17.2 Å². The number of nitrogens with two attached hydrogens (primary N) is 1. The molecule has 0 aliphatic rings. The normalized spacial score (nSPS) is 11.9. The fourth-order valence-electron chi connectivity index (χ4n) is 2.38. The molecule has 0 aromatic carbocycles. The highest BCUT2D eigenvalue weighted by Gasteiger charge is 2.26. The van der Waals surface area contributed by atoms with Crippen LogP contribution < -0.4 is 5.73 Å². The van der Waals surface area contributed by atoms with Crippen molar-refractivity contribution in [2.75, 3.05) is 5.73 Å². The van der Waals surface area contributed by atoms with Gasteiger partial charge in [0.05, 0.1) is 24.8 Å². The molecule has 0 unspecified atom stereocenters. The maximum absolute atomic E-state index is 6.31. The number of nitrogens with zero attached hydrogens (tertiary/aromatic N) is 4. The molecular formula is C16H23N5. The molecule has 2 aromatic heterocycles. The molecule has 5 nitrogen and oxygen atoms in total.